The number of carbonyl (C=O) groups is 5. The molecule has 1 saturated heterocycles. The molecule has 42 heavy (non-hydrogen) atoms. The first kappa shape index (κ1) is 29.6. The van der Waals surface area contributed by atoms with Crippen molar-refractivity contribution in [3.63, 3.8) is 0 Å². The summed E-state index contributed by atoms with van der Waals surface area (Å²) in [4.78, 5) is 71.4. The standard InChI is InChI=1S/C30H35N5O7/c1-7-16(32)30(40)33-11-20-21-14(24(36)12(2)28(41-5)26(21)38)9-18-23-22-15(25(37)13(3)29(42-6)27(22)39)8-17(34(23)4)19(10-31)35(18)20/h16-20,23H,7-9,11,32H2,1-6H3,(H,33,40)/t16-,17+,18-,19+,20+,23+/m0/s1. The van der Waals surface area contributed by atoms with Crippen molar-refractivity contribution in [2.45, 2.75) is 76.3 Å². The Morgan fingerprint density at radius 2 is 1.50 bits per heavy atom. The van der Waals surface area contributed by atoms with Gasteiger partial charge < -0.3 is 20.5 Å². The Morgan fingerprint density at radius 3 is 2.02 bits per heavy atom. The van der Waals surface area contributed by atoms with Crippen LogP contribution < -0.4 is 11.1 Å². The molecule has 5 rings (SSSR count). The van der Waals surface area contributed by atoms with Crippen LogP contribution in [0, 0.1) is 11.3 Å². The van der Waals surface area contributed by atoms with Crippen molar-refractivity contribution in [2.75, 3.05) is 27.8 Å². The SMILES string of the molecule is CC[C@H](N)C(=O)NC[C@@H]1C2=C(C[C@H]3[C@@H]4C5=C(C[C@H]([C@@H](C#N)N13)N4C)C(=O)C(C)=C(OC)C5=O)C(=O)C(C)=C(OC)C2=O. The normalized spacial score (nSPS) is 30.6. The zero-order valence-electron chi connectivity index (χ0n) is 24.6. The lowest BCUT2D eigenvalue weighted by molar-refractivity contribution is -0.126. The number of hydrogen-bond donors (Lipinski definition) is 2. The van der Waals surface area contributed by atoms with Crippen LogP contribution in [0.15, 0.2) is 45.0 Å². The monoisotopic (exact) mass is 577 g/mol. The average Bonchev–Trinajstić information content (AvgIpc) is 2.97. The molecular formula is C30H35N5O7. The van der Waals surface area contributed by atoms with Gasteiger partial charge in [0, 0.05) is 52.1 Å². The minimum absolute atomic E-state index is 0.0277. The first-order valence-corrected chi connectivity index (χ1v) is 14.0. The lowest BCUT2D eigenvalue weighted by atomic mass is 9.67. The Hall–Kier alpha value is -3.92. The number of piperazine rings is 1. The first-order chi connectivity index (χ1) is 19.9. The van der Waals surface area contributed by atoms with Gasteiger partial charge in [0.2, 0.25) is 17.5 Å². The smallest absolute Gasteiger partial charge is 0.236 e. The maximum atomic E-state index is 13.8. The minimum atomic E-state index is -0.888. The highest BCUT2D eigenvalue weighted by atomic mass is 16.5. The zero-order chi connectivity index (χ0) is 30.8. The molecule has 0 spiro atoms. The average molecular weight is 578 g/mol. The van der Waals surface area contributed by atoms with E-state index in [9.17, 15) is 29.2 Å². The van der Waals surface area contributed by atoms with E-state index >= 15 is 0 Å². The van der Waals surface area contributed by atoms with Gasteiger partial charge in [-0.1, -0.05) is 6.92 Å². The number of ether oxygens (including phenoxy) is 2. The summed E-state index contributed by atoms with van der Waals surface area (Å²) in [5.41, 5.74) is 7.40. The Kier molecular flexibility index (Phi) is 7.55. The van der Waals surface area contributed by atoms with E-state index in [1.165, 1.54) is 21.1 Å². The van der Waals surface area contributed by atoms with Gasteiger partial charge in [-0.15, -0.1) is 0 Å². The molecule has 2 bridgehead atoms. The number of methoxy groups -OCH3 is 2. The predicted octanol–water partition coefficient (Wildman–Crippen LogP) is -0.00112. The van der Waals surface area contributed by atoms with E-state index in [0.717, 1.165) is 0 Å². The summed E-state index contributed by atoms with van der Waals surface area (Å²) in [7, 11) is 4.47. The van der Waals surface area contributed by atoms with Gasteiger partial charge in [-0.25, -0.2) is 0 Å². The third-order valence-electron chi connectivity index (χ3n) is 9.46. The summed E-state index contributed by atoms with van der Waals surface area (Å²) in [6.07, 6.45) is 0.585. The number of allylic oxidation sites excluding steroid dienone is 4. The van der Waals surface area contributed by atoms with E-state index in [1.54, 1.807) is 20.9 Å². The van der Waals surface area contributed by atoms with Crippen LogP contribution in [0.1, 0.15) is 40.0 Å². The number of fused-ring (bicyclic) bond motifs is 5. The molecular weight excluding hydrogens is 542 g/mol. The van der Waals surface area contributed by atoms with Crippen LogP contribution in [0.3, 0.4) is 0 Å². The van der Waals surface area contributed by atoms with Crippen LogP contribution in [0.5, 0.6) is 0 Å². The van der Waals surface area contributed by atoms with E-state index in [2.05, 4.69) is 11.4 Å². The van der Waals surface area contributed by atoms with Crippen molar-refractivity contribution in [1.82, 2.24) is 15.1 Å². The number of amides is 1. The van der Waals surface area contributed by atoms with E-state index < -0.39 is 53.7 Å². The highest BCUT2D eigenvalue weighted by Crippen LogP contribution is 2.48. The van der Waals surface area contributed by atoms with Crippen LogP contribution in [-0.2, 0) is 33.4 Å². The van der Waals surface area contributed by atoms with Crippen LogP contribution in [0.2, 0.25) is 0 Å². The molecule has 12 nitrogen and oxygen atoms in total. The molecule has 0 radical (unpaired) electrons. The molecule has 2 aliphatic carbocycles. The number of nitriles is 1. The largest absolute Gasteiger partial charge is 0.492 e. The van der Waals surface area contributed by atoms with E-state index in [1.807, 2.05) is 9.80 Å². The fraction of sp³-hybridized carbons (Fsp3) is 0.533. The predicted molar refractivity (Wildman–Crippen MR) is 148 cm³/mol. The summed E-state index contributed by atoms with van der Waals surface area (Å²) in [5.74, 6) is -2.09. The van der Waals surface area contributed by atoms with Crippen LogP contribution in [-0.4, -0.2) is 103 Å². The molecule has 0 saturated carbocycles. The molecule has 3 aliphatic heterocycles. The maximum Gasteiger partial charge on any atom is 0.236 e. The summed E-state index contributed by atoms with van der Waals surface area (Å²) in [6.45, 7) is 4.75. The van der Waals surface area contributed by atoms with Crippen molar-refractivity contribution < 1.29 is 33.4 Å². The Labute approximate surface area is 243 Å². The van der Waals surface area contributed by atoms with Crippen molar-refractivity contribution in [1.29, 1.82) is 5.26 Å². The summed E-state index contributed by atoms with van der Waals surface area (Å²) >= 11 is 0. The number of nitrogens with two attached hydrogens (primary N) is 1. The first-order valence-electron chi connectivity index (χ1n) is 14.0. The van der Waals surface area contributed by atoms with Crippen LogP contribution in [0.25, 0.3) is 0 Å². The van der Waals surface area contributed by atoms with Gasteiger partial charge in [-0.2, -0.15) is 5.26 Å². The Balaban J connectivity index is 1.70. The molecule has 0 aromatic heterocycles. The third kappa shape index (κ3) is 4.02. The number of Topliss-reactive ketones (excluding diaryl/α,β-unsaturated/α-hetero) is 4. The van der Waals surface area contributed by atoms with Gasteiger partial charge in [-0.05, 0) is 40.2 Å². The van der Waals surface area contributed by atoms with Gasteiger partial charge >= 0.3 is 0 Å². The highest BCUT2D eigenvalue weighted by molar-refractivity contribution is 6.26. The number of likely N-dealkylation sites (N-methyl/N-ethyl adjacent to an activating group) is 1. The van der Waals surface area contributed by atoms with Gasteiger partial charge in [0.1, 0.15) is 6.04 Å². The molecule has 1 amide bonds. The molecule has 6 atom stereocenters. The molecule has 222 valence electrons. The van der Waals surface area contributed by atoms with Crippen molar-refractivity contribution in [3.05, 3.63) is 45.0 Å². The number of carbonyl (C=O) groups excluding carboxylic acids is 5. The fourth-order valence-corrected chi connectivity index (χ4v) is 7.33. The number of ketones is 4. The summed E-state index contributed by atoms with van der Waals surface area (Å²) in [5, 5.41) is 13.4. The van der Waals surface area contributed by atoms with E-state index in [0.29, 0.717) is 12.0 Å². The fourth-order valence-electron chi connectivity index (χ4n) is 7.33. The Morgan fingerprint density at radius 1 is 0.976 bits per heavy atom. The summed E-state index contributed by atoms with van der Waals surface area (Å²) in [6, 6.07) is -1.96. The molecule has 0 unspecified atom stereocenters. The number of hydrogen-bond acceptors (Lipinski definition) is 11. The van der Waals surface area contributed by atoms with Gasteiger partial charge in [0.05, 0.1) is 38.4 Å². The molecule has 0 aromatic carbocycles. The van der Waals surface area contributed by atoms with Crippen molar-refractivity contribution >= 4 is 29.0 Å². The third-order valence-corrected chi connectivity index (χ3v) is 9.46. The maximum absolute atomic E-state index is 13.8. The van der Waals surface area contributed by atoms with Gasteiger partial charge in [-0.3, -0.25) is 33.8 Å². The van der Waals surface area contributed by atoms with E-state index in [4.69, 9.17) is 15.2 Å². The second kappa shape index (κ2) is 10.7. The molecule has 12 heteroatoms. The quantitative estimate of drug-likeness (QED) is 0.407. The van der Waals surface area contributed by atoms with Gasteiger partial charge in [0.15, 0.2) is 23.1 Å². The molecule has 3 N–H and O–H groups in total. The minimum Gasteiger partial charge on any atom is -0.492 e. The molecule has 3 heterocycles. The zero-order valence-corrected chi connectivity index (χ0v) is 24.6. The topological polar surface area (TPSA) is 172 Å². The number of nitrogens with zero attached hydrogens (tertiary/aromatic N) is 3. The summed E-state index contributed by atoms with van der Waals surface area (Å²) < 4.78 is 10.7. The van der Waals surface area contributed by atoms with Crippen LogP contribution in [0.4, 0.5) is 0 Å². The van der Waals surface area contributed by atoms with Crippen molar-refractivity contribution in [3.8, 4) is 6.07 Å². The van der Waals surface area contributed by atoms with Crippen LogP contribution >= 0.6 is 0 Å². The second-order valence-electron chi connectivity index (χ2n) is 11.4. The second-order valence-corrected chi connectivity index (χ2v) is 11.4. The molecule has 1 fully saturated rings. The molecule has 5 aliphatic rings. The highest BCUT2D eigenvalue weighted by Gasteiger charge is 2.59. The Bertz CT molecular complexity index is 1490. The van der Waals surface area contributed by atoms with Crippen molar-refractivity contribution in [2.24, 2.45) is 5.73 Å². The lowest BCUT2D eigenvalue weighted by Crippen LogP contribution is -2.74. The van der Waals surface area contributed by atoms with Gasteiger partial charge in [0.25, 0.3) is 0 Å². The van der Waals surface area contributed by atoms with E-state index in [-0.39, 0.29) is 70.3 Å². The number of nitrogens with one attached hydrogen (secondary N) is 1. The number of rotatable bonds is 6. The molecule has 0 aromatic rings. The lowest BCUT2D eigenvalue weighted by Gasteiger charge is -2.60.